The van der Waals surface area contributed by atoms with E-state index in [1.54, 1.807) is 6.20 Å². The Morgan fingerprint density at radius 3 is 2.82 bits per heavy atom. The molecule has 0 aliphatic carbocycles. The molecule has 0 aliphatic heterocycles. The van der Waals surface area contributed by atoms with Crippen LogP contribution in [0.2, 0.25) is 0 Å². The third kappa shape index (κ3) is 1.82. The lowest BCUT2D eigenvalue weighted by Crippen LogP contribution is -2.04. The monoisotopic (exact) mass is 291 g/mol. The van der Waals surface area contributed by atoms with Crippen molar-refractivity contribution < 1.29 is 0 Å². The highest BCUT2D eigenvalue weighted by molar-refractivity contribution is 5.93. The summed E-state index contributed by atoms with van der Waals surface area (Å²) in [5.41, 5.74) is 4.76. The lowest BCUT2D eigenvalue weighted by atomic mass is 10.1. The largest absolute Gasteiger partial charge is 0.345 e. The molecule has 0 radical (unpaired) electrons. The van der Waals surface area contributed by atoms with Gasteiger partial charge in [0.2, 0.25) is 0 Å². The molecular weight excluding hydrogens is 274 g/mol. The zero-order chi connectivity index (χ0) is 15.3. The standard InChI is InChI=1S/C17H17N5/c1-10(2)22-11(3)20-15-7-6-14(21-17(15)22)13-9-19-16-12(13)5-4-8-18-16/h4-10H,1-3H3,(H,18,19). The van der Waals surface area contributed by atoms with Crippen LogP contribution in [-0.4, -0.2) is 24.5 Å². The van der Waals surface area contributed by atoms with Gasteiger partial charge in [0.1, 0.15) is 17.0 Å². The van der Waals surface area contributed by atoms with Gasteiger partial charge in [0, 0.05) is 29.4 Å². The highest BCUT2D eigenvalue weighted by Crippen LogP contribution is 2.28. The van der Waals surface area contributed by atoms with Gasteiger partial charge in [0.25, 0.3) is 0 Å². The summed E-state index contributed by atoms with van der Waals surface area (Å²) in [5, 5.41) is 1.08. The zero-order valence-electron chi connectivity index (χ0n) is 12.8. The molecular formula is C17H17N5. The molecule has 4 aromatic heterocycles. The number of nitrogens with zero attached hydrogens (tertiary/aromatic N) is 4. The summed E-state index contributed by atoms with van der Waals surface area (Å²) in [6.07, 6.45) is 3.76. The Hall–Kier alpha value is -2.69. The molecule has 110 valence electrons. The number of nitrogens with one attached hydrogen (secondary N) is 1. The maximum Gasteiger partial charge on any atom is 0.160 e. The predicted molar refractivity (Wildman–Crippen MR) is 87.7 cm³/mol. The van der Waals surface area contributed by atoms with Crippen molar-refractivity contribution in [3.05, 3.63) is 42.5 Å². The second kappa shape index (κ2) is 4.66. The number of hydrogen-bond acceptors (Lipinski definition) is 3. The highest BCUT2D eigenvalue weighted by atomic mass is 15.1. The van der Waals surface area contributed by atoms with Gasteiger partial charge >= 0.3 is 0 Å². The summed E-state index contributed by atoms with van der Waals surface area (Å²) >= 11 is 0. The minimum absolute atomic E-state index is 0.331. The van der Waals surface area contributed by atoms with Crippen LogP contribution in [0, 0.1) is 6.92 Å². The Morgan fingerprint density at radius 2 is 2.00 bits per heavy atom. The first-order chi connectivity index (χ1) is 10.6. The van der Waals surface area contributed by atoms with Gasteiger partial charge in [-0.2, -0.15) is 0 Å². The predicted octanol–water partition coefficient (Wildman–Crippen LogP) is 3.86. The van der Waals surface area contributed by atoms with Crippen molar-refractivity contribution in [2.45, 2.75) is 26.8 Å². The first-order valence-corrected chi connectivity index (χ1v) is 7.43. The molecule has 0 saturated heterocycles. The Balaban J connectivity index is 1.98. The normalized spacial score (nSPS) is 11.8. The molecule has 22 heavy (non-hydrogen) atoms. The molecule has 4 heterocycles. The van der Waals surface area contributed by atoms with Gasteiger partial charge in [-0.3, -0.25) is 0 Å². The van der Waals surface area contributed by atoms with Crippen LogP contribution in [0.3, 0.4) is 0 Å². The van der Waals surface area contributed by atoms with E-state index in [-0.39, 0.29) is 0 Å². The fraction of sp³-hybridized carbons (Fsp3) is 0.235. The smallest absolute Gasteiger partial charge is 0.160 e. The lowest BCUT2D eigenvalue weighted by molar-refractivity contribution is 0.595. The second-order valence-corrected chi connectivity index (χ2v) is 5.76. The number of aryl methyl sites for hydroxylation is 1. The molecule has 0 unspecified atom stereocenters. The number of rotatable bonds is 2. The quantitative estimate of drug-likeness (QED) is 0.610. The summed E-state index contributed by atoms with van der Waals surface area (Å²) in [6, 6.07) is 8.40. The van der Waals surface area contributed by atoms with Crippen LogP contribution >= 0.6 is 0 Å². The molecule has 0 bridgehead atoms. The molecule has 0 aromatic carbocycles. The average Bonchev–Trinajstić information content (AvgIpc) is 3.06. The molecule has 5 nitrogen and oxygen atoms in total. The minimum atomic E-state index is 0.331. The van der Waals surface area contributed by atoms with Crippen LogP contribution in [-0.2, 0) is 0 Å². The Labute approximate surface area is 128 Å². The molecule has 5 heteroatoms. The maximum absolute atomic E-state index is 4.86. The lowest BCUT2D eigenvalue weighted by Gasteiger charge is -2.10. The van der Waals surface area contributed by atoms with Crippen molar-refractivity contribution in [2.75, 3.05) is 0 Å². The van der Waals surface area contributed by atoms with Crippen molar-refractivity contribution in [3.63, 3.8) is 0 Å². The van der Waals surface area contributed by atoms with Gasteiger partial charge in [-0.1, -0.05) is 0 Å². The van der Waals surface area contributed by atoms with Crippen molar-refractivity contribution in [1.82, 2.24) is 24.5 Å². The van der Waals surface area contributed by atoms with E-state index in [1.165, 1.54) is 0 Å². The summed E-state index contributed by atoms with van der Waals surface area (Å²) in [7, 11) is 0. The summed E-state index contributed by atoms with van der Waals surface area (Å²) in [4.78, 5) is 17.0. The number of fused-ring (bicyclic) bond motifs is 2. The van der Waals surface area contributed by atoms with Gasteiger partial charge in [0.15, 0.2) is 5.65 Å². The number of H-pyrrole nitrogens is 1. The fourth-order valence-corrected chi connectivity index (χ4v) is 3.02. The Kier molecular flexibility index (Phi) is 2.76. The topological polar surface area (TPSA) is 59.4 Å². The van der Waals surface area contributed by atoms with Gasteiger partial charge in [0.05, 0.1) is 5.69 Å². The number of hydrogen-bond donors (Lipinski definition) is 1. The van der Waals surface area contributed by atoms with Crippen LogP contribution in [0.15, 0.2) is 36.7 Å². The third-order valence-corrected chi connectivity index (χ3v) is 3.96. The van der Waals surface area contributed by atoms with Crippen molar-refractivity contribution in [1.29, 1.82) is 0 Å². The number of imidazole rings is 1. The number of aromatic amines is 1. The molecule has 0 saturated carbocycles. The molecule has 1 N–H and O–H groups in total. The molecule has 0 aliphatic rings. The first-order valence-electron chi connectivity index (χ1n) is 7.43. The van der Waals surface area contributed by atoms with Crippen LogP contribution in [0.25, 0.3) is 33.5 Å². The number of aromatic nitrogens is 5. The van der Waals surface area contributed by atoms with Gasteiger partial charge in [-0.25, -0.2) is 15.0 Å². The molecule has 4 rings (SSSR count). The maximum atomic E-state index is 4.86. The van der Waals surface area contributed by atoms with E-state index in [2.05, 4.69) is 39.4 Å². The number of pyridine rings is 2. The molecule has 4 aromatic rings. The highest BCUT2D eigenvalue weighted by Gasteiger charge is 2.14. The zero-order valence-corrected chi connectivity index (χ0v) is 12.8. The summed E-state index contributed by atoms with van der Waals surface area (Å²) in [6.45, 7) is 6.33. The van der Waals surface area contributed by atoms with Gasteiger partial charge in [-0.05, 0) is 45.0 Å². The Morgan fingerprint density at radius 1 is 1.14 bits per heavy atom. The minimum Gasteiger partial charge on any atom is -0.345 e. The third-order valence-electron chi connectivity index (χ3n) is 3.96. The van der Waals surface area contributed by atoms with Crippen molar-refractivity contribution >= 4 is 22.2 Å². The van der Waals surface area contributed by atoms with Crippen LogP contribution < -0.4 is 0 Å². The fourth-order valence-electron chi connectivity index (χ4n) is 3.02. The van der Waals surface area contributed by atoms with E-state index in [0.717, 1.165) is 39.3 Å². The van der Waals surface area contributed by atoms with E-state index in [0.29, 0.717) is 6.04 Å². The van der Waals surface area contributed by atoms with Crippen LogP contribution in [0.1, 0.15) is 25.7 Å². The summed E-state index contributed by atoms with van der Waals surface area (Å²) in [5.74, 6) is 0.996. The van der Waals surface area contributed by atoms with Gasteiger partial charge < -0.3 is 9.55 Å². The molecule has 0 fully saturated rings. The van der Waals surface area contributed by atoms with E-state index in [4.69, 9.17) is 4.98 Å². The summed E-state index contributed by atoms with van der Waals surface area (Å²) < 4.78 is 2.17. The van der Waals surface area contributed by atoms with Crippen LogP contribution in [0.5, 0.6) is 0 Å². The van der Waals surface area contributed by atoms with E-state index < -0.39 is 0 Å². The Bertz CT molecular complexity index is 977. The van der Waals surface area contributed by atoms with E-state index in [1.807, 2.05) is 31.3 Å². The van der Waals surface area contributed by atoms with E-state index >= 15 is 0 Å². The molecule has 0 atom stereocenters. The first kappa shape index (κ1) is 13.0. The van der Waals surface area contributed by atoms with Crippen molar-refractivity contribution in [3.8, 4) is 11.3 Å². The molecule has 0 amide bonds. The average molecular weight is 291 g/mol. The van der Waals surface area contributed by atoms with Gasteiger partial charge in [-0.15, -0.1) is 0 Å². The SMILES string of the molecule is Cc1nc2ccc(-c3c[nH]c4ncccc34)nc2n1C(C)C. The van der Waals surface area contributed by atoms with Crippen LogP contribution in [0.4, 0.5) is 0 Å². The second-order valence-electron chi connectivity index (χ2n) is 5.76. The molecule has 0 spiro atoms. The van der Waals surface area contributed by atoms with Crippen molar-refractivity contribution in [2.24, 2.45) is 0 Å². The van der Waals surface area contributed by atoms with E-state index in [9.17, 15) is 0 Å².